The summed E-state index contributed by atoms with van der Waals surface area (Å²) < 4.78 is 16.3. The van der Waals surface area contributed by atoms with E-state index in [0.29, 0.717) is 14.6 Å². The smallest absolute Gasteiger partial charge is 0.222 e. The molecular weight excluding hydrogens is 373 g/mol. The second-order valence-electron chi connectivity index (χ2n) is 6.79. The number of nitrogens with zero attached hydrogens (tertiary/aromatic N) is 3. The van der Waals surface area contributed by atoms with E-state index in [1.54, 1.807) is 21.3 Å². The van der Waals surface area contributed by atoms with Crippen LogP contribution in [0.15, 0.2) is 30.3 Å². The number of anilines is 1. The zero-order chi connectivity index (χ0) is 20.1. The molecule has 2 atom stereocenters. The molecule has 1 aromatic heterocycles. The Morgan fingerprint density at radius 2 is 1.64 bits per heavy atom. The minimum absolute atomic E-state index is 0.313. The number of aromatic nitrogens is 1. The van der Waals surface area contributed by atoms with Gasteiger partial charge in [-0.05, 0) is 43.4 Å². The van der Waals surface area contributed by atoms with Crippen LogP contribution in [0.4, 0.5) is 5.82 Å². The van der Waals surface area contributed by atoms with Gasteiger partial charge in [-0.1, -0.05) is 14.6 Å². The Morgan fingerprint density at radius 1 is 0.929 bits per heavy atom. The molecular formula is C21H30N3O3P. The van der Waals surface area contributed by atoms with Crippen LogP contribution in [0.25, 0.3) is 0 Å². The summed E-state index contributed by atoms with van der Waals surface area (Å²) in [7, 11) is 5.72. The zero-order valence-corrected chi connectivity index (χ0v) is 18.4. The maximum absolute atomic E-state index is 5.46. The second-order valence-corrected chi connectivity index (χ2v) is 7.83. The summed E-state index contributed by atoms with van der Waals surface area (Å²) in [6.45, 7) is 8.25. The van der Waals surface area contributed by atoms with Crippen molar-refractivity contribution in [2.24, 2.45) is 0 Å². The number of methoxy groups -OCH3 is 3. The molecule has 0 amide bonds. The summed E-state index contributed by atoms with van der Waals surface area (Å²) in [4.78, 5) is 9.55. The lowest BCUT2D eigenvalue weighted by Crippen LogP contribution is -2.47. The van der Waals surface area contributed by atoms with Crippen molar-refractivity contribution in [1.82, 2.24) is 9.88 Å². The molecule has 0 radical (unpaired) electrons. The molecule has 152 valence electrons. The van der Waals surface area contributed by atoms with E-state index < -0.39 is 0 Å². The van der Waals surface area contributed by atoms with Gasteiger partial charge in [0.25, 0.3) is 0 Å². The topological polar surface area (TPSA) is 47.1 Å². The molecule has 1 aromatic carbocycles. The first-order chi connectivity index (χ1) is 13.6. The van der Waals surface area contributed by atoms with Crippen LogP contribution in [-0.2, 0) is 0 Å². The molecule has 3 rings (SSSR count). The van der Waals surface area contributed by atoms with Crippen molar-refractivity contribution in [1.29, 1.82) is 0 Å². The van der Waals surface area contributed by atoms with Crippen LogP contribution < -0.4 is 24.4 Å². The van der Waals surface area contributed by atoms with Crippen LogP contribution >= 0.6 is 8.58 Å². The van der Waals surface area contributed by atoms with Gasteiger partial charge in [0.15, 0.2) is 11.5 Å². The number of ether oxygens (including phenoxy) is 3. The van der Waals surface area contributed by atoms with Crippen molar-refractivity contribution < 1.29 is 14.2 Å². The minimum Gasteiger partial charge on any atom is -0.493 e. The minimum atomic E-state index is 0.313. The maximum Gasteiger partial charge on any atom is 0.222 e. The van der Waals surface area contributed by atoms with Crippen molar-refractivity contribution in [3.05, 3.63) is 35.9 Å². The van der Waals surface area contributed by atoms with Crippen molar-refractivity contribution >= 4 is 19.7 Å². The number of rotatable bonds is 7. The summed E-state index contributed by atoms with van der Waals surface area (Å²) in [5.74, 6) is 3.29. The molecule has 28 heavy (non-hydrogen) atoms. The van der Waals surface area contributed by atoms with E-state index in [2.05, 4.69) is 47.7 Å². The molecule has 0 spiro atoms. The average Bonchev–Trinajstić information content (AvgIpc) is 2.77. The highest BCUT2D eigenvalue weighted by atomic mass is 31.1. The van der Waals surface area contributed by atoms with E-state index in [-0.39, 0.29) is 0 Å². The zero-order valence-electron chi connectivity index (χ0n) is 17.4. The highest BCUT2D eigenvalue weighted by Crippen LogP contribution is 2.32. The van der Waals surface area contributed by atoms with Gasteiger partial charge in [0.2, 0.25) is 5.88 Å². The molecule has 1 aliphatic rings. The Labute approximate surface area is 169 Å². The Morgan fingerprint density at radius 3 is 2.25 bits per heavy atom. The number of benzene rings is 1. The molecule has 6 nitrogen and oxygen atoms in total. The molecule has 0 aliphatic carbocycles. The molecule has 2 heterocycles. The fraction of sp³-hybridized carbons (Fsp3) is 0.476. The molecule has 2 aromatic rings. The van der Waals surface area contributed by atoms with Gasteiger partial charge < -0.3 is 19.1 Å². The van der Waals surface area contributed by atoms with Gasteiger partial charge in [-0.25, -0.2) is 0 Å². The van der Waals surface area contributed by atoms with Gasteiger partial charge in [-0.15, -0.1) is 0 Å². The van der Waals surface area contributed by atoms with Gasteiger partial charge >= 0.3 is 0 Å². The lowest BCUT2D eigenvalue weighted by Gasteiger charge is -2.39. The van der Waals surface area contributed by atoms with E-state index in [9.17, 15) is 0 Å². The average molecular weight is 403 g/mol. The lowest BCUT2D eigenvalue weighted by molar-refractivity contribution is 0.197. The summed E-state index contributed by atoms with van der Waals surface area (Å²) in [6.07, 6.45) is 0. The molecule has 0 saturated carbocycles. The summed E-state index contributed by atoms with van der Waals surface area (Å²) in [5.41, 5.74) is 1.24. The first-order valence-corrected chi connectivity index (χ1v) is 11.0. The van der Waals surface area contributed by atoms with Gasteiger partial charge in [-0.2, -0.15) is 4.98 Å². The number of hydrogen-bond acceptors (Lipinski definition) is 6. The summed E-state index contributed by atoms with van der Waals surface area (Å²) in [6, 6.07) is 10.7. The van der Waals surface area contributed by atoms with Crippen LogP contribution in [0.5, 0.6) is 17.4 Å². The van der Waals surface area contributed by atoms with Crippen molar-refractivity contribution in [3.8, 4) is 17.4 Å². The van der Waals surface area contributed by atoms with E-state index >= 15 is 0 Å². The van der Waals surface area contributed by atoms with Gasteiger partial charge in [0.1, 0.15) is 5.82 Å². The standard InChI is InChI=1S/C21H30N3O3P/c1-15(16-6-7-17(25-2)18(14-16)26-3)23-10-12-24(13-11-23)20-9-8-19(28-5)21(22-20)27-4/h6-9,14-15,28H,10-13H2,1-5H3. The Kier molecular flexibility index (Phi) is 6.97. The molecule has 1 aliphatic heterocycles. The Bertz CT molecular complexity index is 794. The lowest BCUT2D eigenvalue weighted by atomic mass is 10.1. The molecule has 0 N–H and O–H groups in total. The quantitative estimate of drug-likeness (QED) is 0.663. The predicted molar refractivity (Wildman–Crippen MR) is 116 cm³/mol. The first kappa shape index (κ1) is 20.7. The monoisotopic (exact) mass is 403 g/mol. The van der Waals surface area contributed by atoms with Crippen LogP contribution in [0, 0.1) is 0 Å². The molecule has 0 bridgehead atoms. The molecule has 1 fully saturated rings. The van der Waals surface area contributed by atoms with E-state index in [1.165, 1.54) is 10.9 Å². The van der Waals surface area contributed by atoms with Gasteiger partial charge in [-0.3, -0.25) is 4.90 Å². The summed E-state index contributed by atoms with van der Waals surface area (Å²) in [5, 5.41) is 1.17. The maximum atomic E-state index is 5.46. The first-order valence-electron chi connectivity index (χ1n) is 9.55. The third-order valence-electron chi connectivity index (χ3n) is 5.38. The van der Waals surface area contributed by atoms with Crippen LogP contribution in [0.3, 0.4) is 0 Å². The number of pyridine rings is 1. The largest absolute Gasteiger partial charge is 0.493 e. The van der Waals surface area contributed by atoms with Crippen LogP contribution in [-0.4, -0.2) is 64.1 Å². The van der Waals surface area contributed by atoms with Crippen LogP contribution in [0.1, 0.15) is 18.5 Å². The fourth-order valence-electron chi connectivity index (χ4n) is 3.61. The van der Waals surface area contributed by atoms with Crippen molar-refractivity contribution in [3.63, 3.8) is 0 Å². The predicted octanol–water partition coefficient (Wildman–Crippen LogP) is 2.92. The third kappa shape index (κ3) is 4.34. The van der Waals surface area contributed by atoms with Crippen LogP contribution in [0.2, 0.25) is 0 Å². The van der Waals surface area contributed by atoms with Crippen molar-refractivity contribution in [2.45, 2.75) is 13.0 Å². The molecule has 1 saturated heterocycles. The number of hydrogen-bond donors (Lipinski definition) is 0. The van der Waals surface area contributed by atoms with Gasteiger partial charge in [0.05, 0.1) is 21.3 Å². The Hall–Kier alpha value is -2.04. The fourth-order valence-corrected chi connectivity index (χ4v) is 4.24. The van der Waals surface area contributed by atoms with E-state index in [1.807, 2.05) is 6.07 Å². The highest BCUT2D eigenvalue weighted by molar-refractivity contribution is 7.46. The highest BCUT2D eigenvalue weighted by Gasteiger charge is 2.24. The summed E-state index contributed by atoms with van der Waals surface area (Å²) >= 11 is 0. The molecule has 2 unspecified atom stereocenters. The second kappa shape index (κ2) is 9.44. The normalized spacial score (nSPS) is 16.4. The number of piperazine rings is 1. The molecule has 7 heteroatoms. The SMILES string of the molecule is COc1ccc(C(C)N2CCN(c3ccc(PC)c(OC)n3)CC2)cc1OC. The third-order valence-corrected chi connectivity index (χ3v) is 6.30. The van der Waals surface area contributed by atoms with E-state index in [4.69, 9.17) is 19.2 Å². The van der Waals surface area contributed by atoms with Crippen molar-refractivity contribution in [2.75, 3.05) is 59.1 Å². The Balaban J connectivity index is 1.66. The van der Waals surface area contributed by atoms with Gasteiger partial charge in [0, 0.05) is 37.5 Å². The van der Waals surface area contributed by atoms with E-state index in [0.717, 1.165) is 49.4 Å².